The van der Waals surface area contributed by atoms with E-state index in [2.05, 4.69) is 0 Å². The molecule has 0 atom stereocenters. The minimum atomic E-state index is 0.636. The minimum absolute atomic E-state index is 0.636. The molecule has 0 bridgehead atoms. The van der Waals surface area contributed by atoms with Crippen molar-refractivity contribution in [1.29, 1.82) is 0 Å². The van der Waals surface area contributed by atoms with Crippen molar-refractivity contribution in [2.75, 3.05) is 6.61 Å². The van der Waals surface area contributed by atoms with Crippen LogP contribution in [0.5, 0.6) is 5.75 Å². The third-order valence-electron chi connectivity index (χ3n) is 1.97. The number of rotatable bonds is 6. The molecule has 0 unspecified atom stereocenters. The van der Waals surface area contributed by atoms with Crippen LogP contribution in [0.25, 0.3) is 0 Å². The van der Waals surface area contributed by atoms with Crippen molar-refractivity contribution in [2.45, 2.75) is 26.2 Å². The van der Waals surface area contributed by atoms with Crippen molar-refractivity contribution in [3.8, 4) is 5.75 Å². The molecule has 0 radical (unpaired) electrons. The van der Waals surface area contributed by atoms with Crippen molar-refractivity contribution in [3.05, 3.63) is 29.8 Å². The Kier molecular flexibility index (Phi) is 4.76. The van der Waals surface area contributed by atoms with Crippen LogP contribution in [0.4, 0.5) is 0 Å². The van der Waals surface area contributed by atoms with Gasteiger partial charge in [-0.05, 0) is 37.5 Å². The average molecular weight is 192 g/mol. The summed E-state index contributed by atoms with van der Waals surface area (Å²) in [5.74, 6) is 0.913. The molecule has 0 amide bonds. The molecular weight excluding hydrogens is 176 g/mol. The molecule has 0 aliphatic rings. The van der Waals surface area contributed by atoms with E-state index >= 15 is 0 Å². The van der Waals surface area contributed by atoms with E-state index in [4.69, 9.17) is 4.74 Å². The first kappa shape index (κ1) is 10.8. The molecule has 0 heterocycles. The van der Waals surface area contributed by atoms with Crippen molar-refractivity contribution >= 4 is 6.29 Å². The molecule has 2 nitrogen and oxygen atoms in total. The first-order valence-corrected chi connectivity index (χ1v) is 4.96. The van der Waals surface area contributed by atoms with Crippen LogP contribution in [0.3, 0.4) is 0 Å². The molecule has 0 N–H and O–H groups in total. The molecule has 0 saturated carbocycles. The normalized spacial score (nSPS) is 9.79. The second-order valence-corrected chi connectivity index (χ2v) is 3.33. The highest BCUT2D eigenvalue weighted by molar-refractivity contribution is 5.48. The van der Waals surface area contributed by atoms with E-state index in [0.29, 0.717) is 13.0 Å². The van der Waals surface area contributed by atoms with Gasteiger partial charge in [-0.15, -0.1) is 0 Å². The predicted molar refractivity (Wildman–Crippen MR) is 56.6 cm³/mol. The largest absolute Gasteiger partial charge is 0.494 e. The molecule has 1 aromatic rings. The number of carbonyl (C=O) groups is 1. The number of aryl methyl sites for hydroxylation is 1. The number of hydrogen-bond acceptors (Lipinski definition) is 2. The Morgan fingerprint density at radius 2 is 2.21 bits per heavy atom. The Hall–Kier alpha value is -1.31. The quantitative estimate of drug-likeness (QED) is 0.511. The van der Waals surface area contributed by atoms with Crippen LogP contribution >= 0.6 is 0 Å². The molecule has 1 rings (SSSR count). The van der Waals surface area contributed by atoms with Crippen LogP contribution in [-0.4, -0.2) is 12.9 Å². The lowest BCUT2D eigenvalue weighted by molar-refractivity contribution is -0.107. The van der Waals surface area contributed by atoms with Gasteiger partial charge >= 0.3 is 0 Å². The SMILES string of the molecule is Cc1cccc(OCCCCC=O)c1. The van der Waals surface area contributed by atoms with Gasteiger partial charge in [0.15, 0.2) is 0 Å². The van der Waals surface area contributed by atoms with Gasteiger partial charge in [0.25, 0.3) is 0 Å². The fourth-order valence-electron chi connectivity index (χ4n) is 1.22. The zero-order chi connectivity index (χ0) is 10.2. The molecule has 0 fully saturated rings. The Bertz CT molecular complexity index is 281. The van der Waals surface area contributed by atoms with E-state index in [1.165, 1.54) is 5.56 Å². The van der Waals surface area contributed by atoms with Gasteiger partial charge in [-0.3, -0.25) is 0 Å². The van der Waals surface area contributed by atoms with Crippen molar-refractivity contribution < 1.29 is 9.53 Å². The molecule has 14 heavy (non-hydrogen) atoms. The molecule has 0 aliphatic carbocycles. The third-order valence-corrected chi connectivity index (χ3v) is 1.97. The van der Waals surface area contributed by atoms with Gasteiger partial charge in [-0.2, -0.15) is 0 Å². The fourth-order valence-corrected chi connectivity index (χ4v) is 1.22. The molecule has 0 spiro atoms. The maximum Gasteiger partial charge on any atom is 0.119 e. The van der Waals surface area contributed by atoms with E-state index in [-0.39, 0.29) is 0 Å². The predicted octanol–water partition coefficient (Wildman–Crippen LogP) is 2.74. The Morgan fingerprint density at radius 1 is 1.36 bits per heavy atom. The van der Waals surface area contributed by atoms with E-state index < -0.39 is 0 Å². The first-order valence-electron chi connectivity index (χ1n) is 4.96. The van der Waals surface area contributed by atoms with E-state index in [9.17, 15) is 4.79 Å². The van der Waals surface area contributed by atoms with Crippen LogP contribution in [-0.2, 0) is 4.79 Å². The number of hydrogen-bond donors (Lipinski definition) is 0. The lowest BCUT2D eigenvalue weighted by atomic mass is 10.2. The lowest BCUT2D eigenvalue weighted by Gasteiger charge is -2.05. The van der Waals surface area contributed by atoms with Gasteiger partial charge in [-0.1, -0.05) is 12.1 Å². The van der Waals surface area contributed by atoms with Crippen LogP contribution in [0.2, 0.25) is 0 Å². The van der Waals surface area contributed by atoms with Crippen molar-refractivity contribution in [2.24, 2.45) is 0 Å². The highest BCUT2D eigenvalue weighted by atomic mass is 16.5. The van der Waals surface area contributed by atoms with Crippen LogP contribution in [0.1, 0.15) is 24.8 Å². The van der Waals surface area contributed by atoms with Crippen molar-refractivity contribution in [3.63, 3.8) is 0 Å². The summed E-state index contributed by atoms with van der Waals surface area (Å²) >= 11 is 0. The van der Waals surface area contributed by atoms with Gasteiger partial charge in [0.2, 0.25) is 0 Å². The smallest absolute Gasteiger partial charge is 0.119 e. The summed E-state index contributed by atoms with van der Waals surface area (Å²) in [6, 6.07) is 7.99. The van der Waals surface area contributed by atoms with Gasteiger partial charge in [-0.25, -0.2) is 0 Å². The lowest BCUT2D eigenvalue weighted by Crippen LogP contribution is -1.97. The average Bonchev–Trinajstić information content (AvgIpc) is 2.18. The monoisotopic (exact) mass is 192 g/mol. The minimum Gasteiger partial charge on any atom is -0.494 e. The number of carbonyl (C=O) groups excluding carboxylic acids is 1. The Labute approximate surface area is 84.9 Å². The van der Waals surface area contributed by atoms with Crippen molar-refractivity contribution in [1.82, 2.24) is 0 Å². The summed E-state index contributed by atoms with van der Waals surface area (Å²) in [6.45, 7) is 2.73. The zero-order valence-electron chi connectivity index (χ0n) is 8.53. The molecule has 76 valence electrons. The number of aldehydes is 1. The summed E-state index contributed by atoms with van der Waals surface area (Å²) in [4.78, 5) is 10.0. The van der Waals surface area contributed by atoms with Gasteiger partial charge in [0, 0.05) is 6.42 Å². The second kappa shape index (κ2) is 6.19. The topological polar surface area (TPSA) is 26.3 Å². The summed E-state index contributed by atoms with van der Waals surface area (Å²) in [5, 5.41) is 0. The van der Waals surface area contributed by atoms with Crippen LogP contribution in [0, 0.1) is 6.92 Å². The van der Waals surface area contributed by atoms with E-state index in [1.54, 1.807) is 0 Å². The Morgan fingerprint density at radius 3 is 2.93 bits per heavy atom. The Balaban J connectivity index is 2.21. The molecule has 1 aromatic carbocycles. The molecule has 2 heteroatoms. The van der Waals surface area contributed by atoms with Crippen LogP contribution < -0.4 is 4.74 Å². The van der Waals surface area contributed by atoms with Gasteiger partial charge in [0.05, 0.1) is 6.61 Å². The maximum absolute atomic E-state index is 10.0. The zero-order valence-corrected chi connectivity index (χ0v) is 8.53. The van der Waals surface area contributed by atoms with Gasteiger partial charge < -0.3 is 9.53 Å². The second-order valence-electron chi connectivity index (χ2n) is 3.33. The standard InChI is InChI=1S/C12H16O2/c1-11-6-5-7-12(10-11)14-9-4-2-3-8-13/h5-8,10H,2-4,9H2,1H3. The number of benzene rings is 1. The summed E-state index contributed by atoms with van der Waals surface area (Å²) in [7, 11) is 0. The number of unbranched alkanes of at least 4 members (excludes halogenated alkanes) is 2. The van der Waals surface area contributed by atoms with E-state index in [1.807, 2.05) is 31.2 Å². The maximum atomic E-state index is 10.0. The molecule has 0 saturated heterocycles. The third kappa shape index (κ3) is 4.08. The molecule has 0 aliphatic heterocycles. The van der Waals surface area contributed by atoms with E-state index in [0.717, 1.165) is 24.9 Å². The van der Waals surface area contributed by atoms with Crippen LogP contribution in [0.15, 0.2) is 24.3 Å². The molecule has 0 aromatic heterocycles. The summed E-state index contributed by atoms with van der Waals surface area (Å²) < 4.78 is 5.52. The highest BCUT2D eigenvalue weighted by Gasteiger charge is 1.93. The van der Waals surface area contributed by atoms with Gasteiger partial charge in [0.1, 0.15) is 12.0 Å². The molecular formula is C12H16O2. The fraction of sp³-hybridized carbons (Fsp3) is 0.417. The summed E-state index contributed by atoms with van der Waals surface area (Å²) in [6.07, 6.45) is 3.44. The number of ether oxygens (including phenoxy) is 1. The summed E-state index contributed by atoms with van der Waals surface area (Å²) in [5.41, 5.74) is 1.20. The first-order chi connectivity index (χ1) is 6.83. The highest BCUT2D eigenvalue weighted by Crippen LogP contribution is 2.12.